The fourth-order valence-corrected chi connectivity index (χ4v) is 1.41. The van der Waals surface area contributed by atoms with Gasteiger partial charge in [-0.1, -0.05) is 18.2 Å². The number of nitrogens with two attached hydrogens (primary N) is 1. The van der Waals surface area contributed by atoms with Crippen LogP contribution in [0, 0.1) is 5.82 Å². The van der Waals surface area contributed by atoms with Gasteiger partial charge in [0.15, 0.2) is 0 Å². The van der Waals surface area contributed by atoms with E-state index in [-0.39, 0.29) is 18.3 Å². The van der Waals surface area contributed by atoms with Crippen LogP contribution in [-0.2, 0) is 16.0 Å². The first-order valence-corrected chi connectivity index (χ1v) is 5.40. The Morgan fingerprint density at radius 2 is 2.24 bits per heavy atom. The summed E-state index contributed by atoms with van der Waals surface area (Å²) in [6.07, 6.45) is 0.443. The van der Waals surface area contributed by atoms with Crippen molar-refractivity contribution in [3.8, 4) is 0 Å². The SMILES string of the molecule is COCC(N)C(=O)NCCc1ccccc1F. The zero-order valence-corrected chi connectivity index (χ0v) is 9.78. The molecule has 1 unspecified atom stereocenters. The maximum Gasteiger partial charge on any atom is 0.239 e. The van der Waals surface area contributed by atoms with Crippen LogP contribution in [0.25, 0.3) is 0 Å². The molecule has 17 heavy (non-hydrogen) atoms. The number of nitrogens with one attached hydrogen (secondary N) is 1. The summed E-state index contributed by atoms with van der Waals surface area (Å²) >= 11 is 0. The Kier molecular flexibility index (Phi) is 5.59. The minimum absolute atomic E-state index is 0.172. The van der Waals surface area contributed by atoms with E-state index in [9.17, 15) is 9.18 Å². The van der Waals surface area contributed by atoms with Crippen LogP contribution in [0.1, 0.15) is 5.56 Å². The minimum atomic E-state index is -0.680. The maximum absolute atomic E-state index is 13.2. The van der Waals surface area contributed by atoms with E-state index >= 15 is 0 Å². The van der Waals surface area contributed by atoms with Crippen LogP contribution < -0.4 is 11.1 Å². The van der Waals surface area contributed by atoms with Gasteiger partial charge < -0.3 is 15.8 Å². The lowest BCUT2D eigenvalue weighted by Crippen LogP contribution is -2.44. The predicted octanol–water partition coefficient (Wildman–Crippen LogP) is 0.458. The van der Waals surface area contributed by atoms with Crippen molar-refractivity contribution < 1.29 is 13.9 Å². The van der Waals surface area contributed by atoms with E-state index in [1.165, 1.54) is 13.2 Å². The van der Waals surface area contributed by atoms with E-state index in [4.69, 9.17) is 10.5 Å². The highest BCUT2D eigenvalue weighted by molar-refractivity contribution is 5.81. The van der Waals surface area contributed by atoms with Crippen molar-refractivity contribution >= 4 is 5.91 Å². The molecule has 3 N–H and O–H groups in total. The number of methoxy groups -OCH3 is 1. The summed E-state index contributed by atoms with van der Waals surface area (Å²) in [7, 11) is 1.48. The molecule has 0 bridgehead atoms. The van der Waals surface area contributed by atoms with Gasteiger partial charge in [-0.25, -0.2) is 4.39 Å². The van der Waals surface area contributed by atoms with E-state index in [1.807, 2.05) is 0 Å². The molecular weight excluding hydrogens is 223 g/mol. The van der Waals surface area contributed by atoms with E-state index in [0.717, 1.165) is 0 Å². The molecule has 0 aliphatic carbocycles. The summed E-state index contributed by atoms with van der Waals surface area (Å²) in [4.78, 5) is 11.4. The van der Waals surface area contributed by atoms with E-state index in [0.29, 0.717) is 18.5 Å². The van der Waals surface area contributed by atoms with Crippen molar-refractivity contribution in [2.45, 2.75) is 12.5 Å². The van der Waals surface area contributed by atoms with Gasteiger partial charge in [0.1, 0.15) is 11.9 Å². The van der Waals surface area contributed by atoms with Gasteiger partial charge in [0.25, 0.3) is 0 Å². The van der Waals surface area contributed by atoms with Gasteiger partial charge in [0.05, 0.1) is 6.61 Å². The van der Waals surface area contributed by atoms with Crippen LogP contribution in [-0.4, -0.2) is 32.2 Å². The van der Waals surface area contributed by atoms with Crippen LogP contribution in [0.3, 0.4) is 0 Å². The van der Waals surface area contributed by atoms with Gasteiger partial charge in [0, 0.05) is 13.7 Å². The molecule has 0 aliphatic heterocycles. The predicted molar refractivity (Wildman–Crippen MR) is 63.0 cm³/mol. The molecule has 0 heterocycles. The first kappa shape index (κ1) is 13.6. The fourth-order valence-electron chi connectivity index (χ4n) is 1.41. The number of carbonyl (C=O) groups is 1. The van der Waals surface area contributed by atoms with Crippen molar-refractivity contribution in [1.29, 1.82) is 0 Å². The van der Waals surface area contributed by atoms with Gasteiger partial charge in [-0.2, -0.15) is 0 Å². The topological polar surface area (TPSA) is 64.3 Å². The highest BCUT2D eigenvalue weighted by Crippen LogP contribution is 2.06. The highest BCUT2D eigenvalue weighted by Gasteiger charge is 2.12. The summed E-state index contributed by atoms with van der Waals surface area (Å²) in [5.74, 6) is -0.550. The number of benzene rings is 1. The standard InChI is InChI=1S/C12H17FN2O2/c1-17-8-11(14)12(16)15-7-6-9-4-2-3-5-10(9)13/h2-5,11H,6-8,14H2,1H3,(H,15,16). The highest BCUT2D eigenvalue weighted by atomic mass is 19.1. The van der Waals surface area contributed by atoms with Crippen LogP contribution in [0.2, 0.25) is 0 Å². The van der Waals surface area contributed by atoms with Crippen molar-refractivity contribution in [3.05, 3.63) is 35.6 Å². The Hall–Kier alpha value is -1.46. The van der Waals surface area contributed by atoms with E-state index in [1.54, 1.807) is 18.2 Å². The lowest BCUT2D eigenvalue weighted by molar-refractivity contribution is -0.123. The molecule has 0 aromatic heterocycles. The van der Waals surface area contributed by atoms with Gasteiger partial charge in [-0.15, -0.1) is 0 Å². The number of hydrogen-bond donors (Lipinski definition) is 2. The molecule has 5 heteroatoms. The molecule has 0 radical (unpaired) electrons. The lowest BCUT2D eigenvalue weighted by atomic mass is 10.1. The Morgan fingerprint density at radius 1 is 1.53 bits per heavy atom. The summed E-state index contributed by atoms with van der Waals surface area (Å²) in [6.45, 7) is 0.530. The molecule has 0 fully saturated rings. The minimum Gasteiger partial charge on any atom is -0.383 e. The first-order valence-electron chi connectivity index (χ1n) is 5.40. The molecule has 1 amide bonds. The molecule has 1 aromatic rings. The average Bonchev–Trinajstić information content (AvgIpc) is 2.31. The molecule has 94 valence electrons. The largest absolute Gasteiger partial charge is 0.383 e. The van der Waals surface area contributed by atoms with Crippen LogP contribution in [0.15, 0.2) is 24.3 Å². The zero-order chi connectivity index (χ0) is 12.7. The Labute approximate surface area is 100.0 Å². The van der Waals surface area contributed by atoms with E-state index in [2.05, 4.69) is 5.32 Å². The Balaban J connectivity index is 2.33. The Bertz CT molecular complexity index is 371. The quantitative estimate of drug-likeness (QED) is 0.759. The lowest BCUT2D eigenvalue weighted by Gasteiger charge is -2.11. The van der Waals surface area contributed by atoms with Crippen molar-refractivity contribution in [3.63, 3.8) is 0 Å². The third-order valence-electron chi connectivity index (χ3n) is 2.33. The number of halogens is 1. The smallest absolute Gasteiger partial charge is 0.239 e. The molecule has 0 saturated heterocycles. The van der Waals surface area contributed by atoms with Gasteiger partial charge in [-0.05, 0) is 18.1 Å². The molecule has 0 spiro atoms. The fraction of sp³-hybridized carbons (Fsp3) is 0.417. The van der Waals surface area contributed by atoms with Crippen LogP contribution in [0.5, 0.6) is 0 Å². The van der Waals surface area contributed by atoms with Gasteiger partial charge in [0.2, 0.25) is 5.91 Å². The summed E-state index contributed by atoms with van der Waals surface area (Å²) in [6, 6.07) is 5.80. The molecule has 1 aromatic carbocycles. The maximum atomic E-state index is 13.2. The van der Waals surface area contributed by atoms with Crippen LogP contribution >= 0.6 is 0 Å². The molecular formula is C12H17FN2O2. The second-order valence-corrected chi connectivity index (χ2v) is 3.69. The molecule has 1 rings (SSSR count). The monoisotopic (exact) mass is 240 g/mol. The first-order chi connectivity index (χ1) is 8.15. The molecule has 4 nitrogen and oxygen atoms in total. The normalized spacial score (nSPS) is 12.2. The second kappa shape index (κ2) is 6.98. The number of carbonyl (C=O) groups excluding carboxylic acids is 1. The summed E-state index contributed by atoms with van der Waals surface area (Å²) in [5.41, 5.74) is 6.10. The van der Waals surface area contributed by atoms with Crippen molar-refractivity contribution in [2.24, 2.45) is 5.73 Å². The van der Waals surface area contributed by atoms with Crippen molar-refractivity contribution in [1.82, 2.24) is 5.32 Å². The third kappa shape index (κ3) is 4.50. The van der Waals surface area contributed by atoms with Gasteiger partial charge in [-0.3, -0.25) is 4.79 Å². The Morgan fingerprint density at radius 3 is 2.88 bits per heavy atom. The number of amides is 1. The number of rotatable bonds is 6. The zero-order valence-electron chi connectivity index (χ0n) is 9.78. The third-order valence-corrected chi connectivity index (χ3v) is 2.33. The molecule has 1 atom stereocenters. The molecule has 0 aliphatic rings. The van der Waals surface area contributed by atoms with Crippen molar-refractivity contribution in [2.75, 3.05) is 20.3 Å². The van der Waals surface area contributed by atoms with Crippen LogP contribution in [0.4, 0.5) is 4.39 Å². The number of hydrogen-bond acceptors (Lipinski definition) is 3. The van der Waals surface area contributed by atoms with Gasteiger partial charge >= 0.3 is 0 Å². The number of ether oxygens (including phenoxy) is 1. The average molecular weight is 240 g/mol. The summed E-state index contributed by atoms with van der Waals surface area (Å²) in [5, 5.41) is 2.63. The van der Waals surface area contributed by atoms with E-state index < -0.39 is 6.04 Å². The molecule has 0 saturated carbocycles. The second-order valence-electron chi connectivity index (χ2n) is 3.69. The summed E-state index contributed by atoms with van der Waals surface area (Å²) < 4.78 is 18.0.